The zero-order valence-electron chi connectivity index (χ0n) is 6.25. The highest BCUT2D eigenvalue weighted by Crippen LogP contribution is 2.32. The van der Waals surface area contributed by atoms with E-state index in [1.54, 1.807) is 6.07 Å². The van der Waals surface area contributed by atoms with Gasteiger partial charge in [0, 0.05) is 5.39 Å². The Morgan fingerprint density at radius 2 is 1.75 bits per heavy atom. The molecule has 2 rings (SSSR count). The fourth-order valence-electron chi connectivity index (χ4n) is 1.22. The average molecular weight is 222 g/mol. The van der Waals surface area contributed by atoms with E-state index in [1.807, 2.05) is 30.3 Å². The molecule has 0 aliphatic rings. The molecule has 0 N–H and O–H groups in total. The van der Waals surface area contributed by atoms with Crippen molar-refractivity contribution in [2.24, 2.45) is 0 Å². The van der Waals surface area contributed by atoms with Gasteiger partial charge in [-0.05, 0) is 27.4 Å². The third-order valence-corrected chi connectivity index (χ3v) is 2.46. The molecule has 2 aromatic carbocycles. The van der Waals surface area contributed by atoms with Crippen molar-refractivity contribution in [1.29, 1.82) is 0 Å². The van der Waals surface area contributed by atoms with Crippen molar-refractivity contribution < 1.29 is 5.11 Å². The van der Waals surface area contributed by atoms with E-state index in [0.717, 1.165) is 10.8 Å². The van der Waals surface area contributed by atoms with E-state index < -0.39 is 0 Å². The molecule has 0 spiro atoms. The van der Waals surface area contributed by atoms with Gasteiger partial charge in [0.25, 0.3) is 0 Å². The normalized spacial score (nSPS) is 10.4. The summed E-state index contributed by atoms with van der Waals surface area (Å²) in [6.07, 6.45) is 0. The lowest BCUT2D eigenvalue weighted by molar-refractivity contribution is 0.357. The molecule has 2 heteroatoms. The van der Waals surface area contributed by atoms with Crippen LogP contribution >= 0.6 is 15.9 Å². The molecular formula is C10H6BrO. The Balaban J connectivity index is 2.91. The molecule has 1 nitrogen and oxygen atoms in total. The van der Waals surface area contributed by atoms with E-state index in [4.69, 9.17) is 0 Å². The Bertz CT molecular complexity index is 423. The van der Waals surface area contributed by atoms with E-state index in [9.17, 15) is 5.11 Å². The van der Waals surface area contributed by atoms with Crippen LogP contribution < -0.4 is 0 Å². The van der Waals surface area contributed by atoms with E-state index in [1.165, 1.54) is 0 Å². The molecule has 12 heavy (non-hydrogen) atoms. The van der Waals surface area contributed by atoms with Crippen molar-refractivity contribution in [3.8, 4) is 5.75 Å². The zero-order valence-corrected chi connectivity index (χ0v) is 7.84. The first-order valence-electron chi connectivity index (χ1n) is 3.63. The lowest BCUT2D eigenvalue weighted by atomic mass is 10.1. The maximum Gasteiger partial charge on any atom is 0.200 e. The Labute approximate surface area is 78.8 Å². The number of benzene rings is 2. The maximum atomic E-state index is 11.5. The number of rotatable bonds is 0. The number of hydrogen-bond donors (Lipinski definition) is 0. The van der Waals surface area contributed by atoms with Crippen molar-refractivity contribution in [1.82, 2.24) is 0 Å². The van der Waals surface area contributed by atoms with E-state index in [2.05, 4.69) is 15.9 Å². The van der Waals surface area contributed by atoms with Crippen LogP contribution in [0.4, 0.5) is 0 Å². The molecule has 0 saturated carbocycles. The van der Waals surface area contributed by atoms with Crippen molar-refractivity contribution in [2.75, 3.05) is 0 Å². The van der Waals surface area contributed by atoms with Crippen LogP contribution in [0.3, 0.4) is 0 Å². The monoisotopic (exact) mass is 221 g/mol. The van der Waals surface area contributed by atoms with Gasteiger partial charge in [-0.3, -0.25) is 5.11 Å². The van der Waals surface area contributed by atoms with Crippen LogP contribution in [0.15, 0.2) is 40.9 Å². The molecule has 0 aromatic heterocycles. The quantitative estimate of drug-likeness (QED) is 0.646. The third kappa shape index (κ3) is 1.08. The Kier molecular flexibility index (Phi) is 1.77. The van der Waals surface area contributed by atoms with Crippen molar-refractivity contribution in [3.63, 3.8) is 0 Å². The first kappa shape index (κ1) is 7.62. The van der Waals surface area contributed by atoms with Gasteiger partial charge in [-0.1, -0.05) is 30.3 Å². The SMILES string of the molecule is [O]c1c(Br)ccc2ccccc12. The van der Waals surface area contributed by atoms with Gasteiger partial charge >= 0.3 is 0 Å². The van der Waals surface area contributed by atoms with Crippen molar-refractivity contribution in [2.45, 2.75) is 0 Å². The molecule has 0 unspecified atom stereocenters. The Hall–Kier alpha value is -1.02. The number of halogens is 1. The lowest BCUT2D eigenvalue weighted by Gasteiger charge is -1.98. The molecule has 0 atom stereocenters. The summed E-state index contributed by atoms with van der Waals surface area (Å²) in [6.45, 7) is 0. The minimum absolute atomic E-state index is 0.0631. The zero-order chi connectivity index (χ0) is 8.55. The Morgan fingerprint density at radius 3 is 2.58 bits per heavy atom. The van der Waals surface area contributed by atoms with E-state index >= 15 is 0 Å². The number of fused-ring (bicyclic) bond motifs is 1. The molecule has 0 amide bonds. The highest BCUT2D eigenvalue weighted by molar-refractivity contribution is 9.10. The minimum Gasteiger partial charge on any atom is -0.288 e. The minimum atomic E-state index is 0.0631. The van der Waals surface area contributed by atoms with Gasteiger partial charge in [0.2, 0.25) is 5.75 Å². The molecule has 0 heterocycles. The highest BCUT2D eigenvalue weighted by Gasteiger charge is 2.03. The summed E-state index contributed by atoms with van der Waals surface area (Å²) >= 11 is 3.20. The third-order valence-electron chi connectivity index (χ3n) is 1.83. The summed E-state index contributed by atoms with van der Waals surface area (Å²) < 4.78 is 0.626. The first-order chi connectivity index (χ1) is 5.79. The van der Waals surface area contributed by atoms with E-state index in [0.29, 0.717) is 4.47 Å². The van der Waals surface area contributed by atoms with Gasteiger partial charge in [0.15, 0.2) is 0 Å². The molecule has 0 aliphatic carbocycles. The summed E-state index contributed by atoms with van der Waals surface area (Å²) in [5.41, 5.74) is 0. The van der Waals surface area contributed by atoms with Crippen LogP contribution in [0.1, 0.15) is 0 Å². The van der Waals surface area contributed by atoms with Crippen LogP contribution in [0, 0.1) is 0 Å². The van der Waals surface area contributed by atoms with Gasteiger partial charge in [-0.2, -0.15) is 0 Å². The smallest absolute Gasteiger partial charge is 0.200 e. The van der Waals surface area contributed by atoms with Crippen LogP contribution in [0.2, 0.25) is 0 Å². The summed E-state index contributed by atoms with van der Waals surface area (Å²) in [4.78, 5) is 0. The van der Waals surface area contributed by atoms with Gasteiger partial charge in [-0.15, -0.1) is 0 Å². The first-order valence-corrected chi connectivity index (χ1v) is 4.42. The molecule has 0 saturated heterocycles. The molecule has 59 valence electrons. The number of hydrogen-bond acceptors (Lipinski definition) is 0. The second-order valence-electron chi connectivity index (χ2n) is 2.60. The van der Waals surface area contributed by atoms with Crippen LogP contribution in [0.25, 0.3) is 10.8 Å². The largest absolute Gasteiger partial charge is 0.288 e. The highest BCUT2D eigenvalue weighted by atomic mass is 79.9. The predicted octanol–water partition coefficient (Wildman–Crippen LogP) is 3.75. The molecule has 2 aromatic rings. The van der Waals surface area contributed by atoms with Gasteiger partial charge in [-0.25, -0.2) is 0 Å². The molecule has 0 fully saturated rings. The second-order valence-corrected chi connectivity index (χ2v) is 3.45. The Morgan fingerprint density at radius 1 is 1.00 bits per heavy atom. The van der Waals surface area contributed by atoms with Gasteiger partial charge in [0.05, 0.1) is 4.47 Å². The predicted molar refractivity (Wildman–Crippen MR) is 51.8 cm³/mol. The fourth-order valence-corrected chi connectivity index (χ4v) is 1.56. The standard InChI is InChI=1S/C10H6BrO/c11-9-6-5-7-3-1-2-4-8(7)10(9)12/h1-6H. The van der Waals surface area contributed by atoms with Crippen molar-refractivity contribution in [3.05, 3.63) is 40.9 Å². The van der Waals surface area contributed by atoms with Crippen LogP contribution in [-0.4, -0.2) is 0 Å². The summed E-state index contributed by atoms with van der Waals surface area (Å²) in [5.74, 6) is 0.0631. The maximum absolute atomic E-state index is 11.5. The molecular weight excluding hydrogens is 216 g/mol. The average Bonchev–Trinajstić information content (AvgIpc) is 2.12. The molecule has 1 radical (unpaired) electrons. The summed E-state index contributed by atoms with van der Waals surface area (Å²) in [7, 11) is 0. The fraction of sp³-hybridized carbons (Fsp3) is 0. The second kappa shape index (κ2) is 2.79. The summed E-state index contributed by atoms with van der Waals surface area (Å²) in [6, 6.07) is 11.3. The van der Waals surface area contributed by atoms with Gasteiger partial charge in [0.1, 0.15) is 0 Å². The van der Waals surface area contributed by atoms with E-state index in [-0.39, 0.29) is 5.75 Å². The topological polar surface area (TPSA) is 19.9 Å². The van der Waals surface area contributed by atoms with Crippen LogP contribution in [0.5, 0.6) is 5.75 Å². The van der Waals surface area contributed by atoms with Crippen molar-refractivity contribution >= 4 is 26.7 Å². The summed E-state index contributed by atoms with van der Waals surface area (Å²) in [5, 5.41) is 13.2. The van der Waals surface area contributed by atoms with Crippen LogP contribution in [-0.2, 0) is 5.11 Å². The van der Waals surface area contributed by atoms with Gasteiger partial charge < -0.3 is 0 Å². The molecule has 0 bridgehead atoms. The molecule has 0 aliphatic heterocycles. The lowest BCUT2D eigenvalue weighted by Crippen LogP contribution is -1.72.